The third-order valence-electron chi connectivity index (χ3n) is 5.96. The molecule has 1 aromatic carbocycles. The van der Waals surface area contributed by atoms with E-state index in [4.69, 9.17) is 0 Å². The molecule has 6 nitrogen and oxygen atoms in total. The van der Waals surface area contributed by atoms with E-state index in [0.29, 0.717) is 17.7 Å². The standard InChI is InChI=1S/C20H22N4O2/c25-19-17-18(21-13-22(17)12-14-6-2-1-3-7-14)23(15-8-4-9-15)20(26)24(19)16-10-5-11-16/h1-3,6-7,13,15-16H,4-5,8-12H2. The first-order valence-electron chi connectivity index (χ1n) is 9.50. The first-order chi connectivity index (χ1) is 12.7. The Labute approximate surface area is 150 Å². The molecule has 0 bridgehead atoms. The van der Waals surface area contributed by atoms with Crippen LogP contribution in [0.2, 0.25) is 0 Å². The van der Waals surface area contributed by atoms with Crippen LogP contribution < -0.4 is 11.2 Å². The summed E-state index contributed by atoms with van der Waals surface area (Å²) in [4.78, 5) is 30.8. The van der Waals surface area contributed by atoms with E-state index in [9.17, 15) is 9.59 Å². The lowest BCUT2D eigenvalue weighted by Gasteiger charge is -2.31. The SMILES string of the molecule is O=c1c2c(ncn2Cc2ccccc2)n(C2CCC2)c(=O)n1C1CCC1. The number of hydrogen-bond acceptors (Lipinski definition) is 3. The number of aromatic nitrogens is 4. The van der Waals surface area contributed by atoms with Gasteiger partial charge in [0.05, 0.1) is 6.33 Å². The molecule has 26 heavy (non-hydrogen) atoms. The zero-order chi connectivity index (χ0) is 17.7. The molecule has 0 radical (unpaired) electrons. The average molecular weight is 350 g/mol. The van der Waals surface area contributed by atoms with Crippen molar-refractivity contribution in [1.82, 2.24) is 18.7 Å². The van der Waals surface area contributed by atoms with Crippen molar-refractivity contribution in [2.45, 2.75) is 57.2 Å². The molecular weight excluding hydrogens is 328 g/mol. The second-order valence-corrected chi connectivity index (χ2v) is 7.53. The van der Waals surface area contributed by atoms with Gasteiger partial charge in [-0.3, -0.25) is 13.9 Å². The van der Waals surface area contributed by atoms with Gasteiger partial charge in [0.2, 0.25) is 0 Å². The summed E-state index contributed by atoms with van der Waals surface area (Å²) in [6, 6.07) is 10.3. The van der Waals surface area contributed by atoms with Crippen LogP contribution in [0.15, 0.2) is 46.2 Å². The van der Waals surface area contributed by atoms with E-state index in [0.717, 1.165) is 44.1 Å². The van der Waals surface area contributed by atoms with E-state index in [1.165, 1.54) is 4.57 Å². The van der Waals surface area contributed by atoms with Gasteiger partial charge in [0.1, 0.15) is 0 Å². The maximum absolute atomic E-state index is 13.2. The van der Waals surface area contributed by atoms with Crippen molar-refractivity contribution in [3.63, 3.8) is 0 Å². The van der Waals surface area contributed by atoms with Gasteiger partial charge in [0.15, 0.2) is 11.2 Å². The van der Waals surface area contributed by atoms with E-state index in [1.807, 2.05) is 34.9 Å². The molecule has 0 saturated heterocycles. The van der Waals surface area contributed by atoms with E-state index in [1.54, 1.807) is 10.9 Å². The number of hydrogen-bond donors (Lipinski definition) is 0. The number of rotatable bonds is 4. The predicted octanol–water partition coefficient (Wildman–Crippen LogP) is 2.86. The highest BCUT2D eigenvalue weighted by molar-refractivity contribution is 5.70. The maximum Gasteiger partial charge on any atom is 0.333 e. The fourth-order valence-electron chi connectivity index (χ4n) is 4.02. The lowest BCUT2D eigenvalue weighted by Crippen LogP contribution is -2.46. The largest absolute Gasteiger partial charge is 0.333 e. The van der Waals surface area contributed by atoms with Crippen molar-refractivity contribution >= 4 is 11.2 Å². The van der Waals surface area contributed by atoms with Crippen molar-refractivity contribution in [3.05, 3.63) is 63.1 Å². The molecule has 2 aromatic heterocycles. The smallest absolute Gasteiger partial charge is 0.320 e. The molecule has 134 valence electrons. The van der Waals surface area contributed by atoms with E-state index in [2.05, 4.69) is 4.98 Å². The summed E-state index contributed by atoms with van der Waals surface area (Å²) >= 11 is 0. The van der Waals surface area contributed by atoms with Crippen LogP contribution >= 0.6 is 0 Å². The first-order valence-corrected chi connectivity index (χ1v) is 9.50. The Bertz CT molecular complexity index is 1070. The van der Waals surface area contributed by atoms with Crippen LogP contribution in [-0.2, 0) is 6.54 Å². The van der Waals surface area contributed by atoms with Gasteiger partial charge in [0.25, 0.3) is 5.56 Å². The van der Waals surface area contributed by atoms with Gasteiger partial charge in [-0.05, 0) is 44.1 Å². The Morgan fingerprint density at radius 2 is 1.58 bits per heavy atom. The molecule has 0 unspecified atom stereocenters. The van der Waals surface area contributed by atoms with E-state index >= 15 is 0 Å². The van der Waals surface area contributed by atoms with Crippen LogP contribution in [0.1, 0.15) is 56.2 Å². The summed E-state index contributed by atoms with van der Waals surface area (Å²) in [7, 11) is 0. The number of fused-ring (bicyclic) bond motifs is 1. The molecule has 3 aromatic rings. The molecule has 0 amide bonds. The molecule has 5 rings (SSSR count). The highest BCUT2D eigenvalue weighted by Crippen LogP contribution is 2.33. The molecule has 0 atom stereocenters. The molecular formula is C20H22N4O2. The minimum absolute atomic E-state index is 0.0470. The van der Waals surface area contributed by atoms with Crippen LogP contribution in [0.3, 0.4) is 0 Å². The minimum Gasteiger partial charge on any atom is -0.320 e. The van der Waals surface area contributed by atoms with E-state index in [-0.39, 0.29) is 23.3 Å². The summed E-state index contributed by atoms with van der Waals surface area (Å²) in [6.45, 7) is 0.583. The third-order valence-corrected chi connectivity index (χ3v) is 5.96. The summed E-state index contributed by atoms with van der Waals surface area (Å²) in [5.74, 6) is 0. The molecule has 6 heteroatoms. The molecule has 0 spiro atoms. The molecule has 2 fully saturated rings. The Morgan fingerprint density at radius 1 is 0.923 bits per heavy atom. The average Bonchev–Trinajstić information content (AvgIpc) is 2.96. The predicted molar refractivity (Wildman–Crippen MR) is 99.6 cm³/mol. The number of benzene rings is 1. The highest BCUT2D eigenvalue weighted by atomic mass is 16.2. The lowest BCUT2D eigenvalue weighted by atomic mass is 9.92. The van der Waals surface area contributed by atoms with Crippen LogP contribution in [0.5, 0.6) is 0 Å². The second-order valence-electron chi connectivity index (χ2n) is 7.53. The Kier molecular flexibility index (Phi) is 3.58. The third kappa shape index (κ3) is 2.28. The fraction of sp³-hybridized carbons (Fsp3) is 0.450. The first kappa shape index (κ1) is 15.6. The zero-order valence-electron chi connectivity index (χ0n) is 14.7. The Balaban J connectivity index is 1.73. The quantitative estimate of drug-likeness (QED) is 0.727. The van der Waals surface area contributed by atoms with E-state index < -0.39 is 0 Å². The number of imidazole rings is 1. The molecule has 0 N–H and O–H groups in total. The molecule has 2 aliphatic carbocycles. The molecule has 0 aliphatic heterocycles. The lowest BCUT2D eigenvalue weighted by molar-refractivity contribution is 0.265. The van der Waals surface area contributed by atoms with Gasteiger partial charge < -0.3 is 4.57 Å². The molecule has 2 heterocycles. The van der Waals surface area contributed by atoms with Gasteiger partial charge in [-0.25, -0.2) is 9.78 Å². The summed E-state index contributed by atoms with van der Waals surface area (Å²) in [5.41, 5.74) is 1.88. The zero-order valence-corrected chi connectivity index (χ0v) is 14.7. The summed E-state index contributed by atoms with van der Waals surface area (Å²) in [5, 5.41) is 0. The van der Waals surface area contributed by atoms with Crippen molar-refractivity contribution in [2.24, 2.45) is 0 Å². The number of nitrogens with zero attached hydrogens (tertiary/aromatic N) is 4. The van der Waals surface area contributed by atoms with Crippen molar-refractivity contribution < 1.29 is 0 Å². The summed E-state index contributed by atoms with van der Waals surface area (Å²) < 4.78 is 5.20. The van der Waals surface area contributed by atoms with Crippen LogP contribution in [-0.4, -0.2) is 18.7 Å². The van der Waals surface area contributed by atoms with Crippen LogP contribution in [0.4, 0.5) is 0 Å². The van der Waals surface area contributed by atoms with Gasteiger partial charge in [0, 0.05) is 18.6 Å². The fourth-order valence-corrected chi connectivity index (χ4v) is 4.02. The van der Waals surface area contributed by atoms with Gasteiger partial charge in [-0.15, -0.1) is 0 Å². The van der Waals surface area contributed by atoms with Crippen molar-refractivity contribution in [3.8, 4) is 0 Å². The Hall–Kier alpha value is -2.63. The maximum atomic E-state index is 13.2. The van der Waals surface area contributed by atoms with Crippen molar-refractivity contribution in [2.75, 3.05) is 0 Å². The normalized spacial score (nSPS) is 18.0. The van der Waals surface area contributed by atoms with Crippen LogP contribution in [0.25, 0.3) is 11.2 Å². The monoisotopic (exact) mass is 350 g/mol. The van der Waals surface area contributed by atoms with Crippen molar-refractivity contribution in [1.29, 1.82) is 0 Å². The molecule has 2 aliphatic rings. The van der Waals surface area contributed by atoms with Gasteiger partial charge in [-0.1, -0.05) is 30.3 Å². The minimum atomic E-state index is -0.182. The highest BCUT2D eigenvalue weighted by Gasteiger charge is 2.31. The van der Waals surface area contributed by atoms with Crippen LogP contribution in [0, 0.1) is 0 Å². The van der Waals surface area contributed by atoms with Gasteiger partial charge in [-0.2, -0.15) is 0 Å². The topological polar surface area (TPSA) is 61.8 Å². The van der Waals surface area contributed by atoms with Gasteiger partial charge >= 0.3 is 5.69 Å². The summed E-state index contributed by atoms with van der Waals surface area (Å²) in [6.07, 6.45) is 7.73. The molecule has 2 saturated carbocycles. The Morgan fingerprint density at radius 3 is 2.19 bits per heavy atom. The second kappa shape index (κ2) is 5.97.